The van der Waals surface area contributed by atoms with E-state index < -0.39 is 18.0 Å². The summed E-state index contributed by atoms with van der Waals surface area (Å²) in [4.78, 5) is 20.8. The Hall–Kier alpha value is -3.30. The van der Waals surface area contributed by atoms with E-state index in [0.717, 1.165) is 17.7 Å². The van der Waals surface area contributed by atoms with Gasteiger partial charge in [-0.05, 0) is 54.8 Å². The van der Waals surface area contributed by atoms with Crippen LogP contribution in [0, 0.1) is 5.92 Å². The van der Waals surface area contributed by atoms with Crippen LogP contribution < -0.4 is 21.1 Å². The minimum absolute atomic E-state index is 0.203. The number of alkyl halides is 3. The van der Waals surface area contributed by atoms with Crippen molar-refractivity contribution < 1.29 is 22.7 Å². The third kappa shape index (κ3) is 7.61. The number of guanidine groups is 1. The Balaban J connectivity index is 2.01. The molecule has 0 bridgehead atoms. The quantitative estimate of drug-likeness (QED) is 0.464. The van der Waals surface area contributed by atoms with Crippen molar-refractivity contribution in [1.29, 1.82) is 0 Å². The fourth-order valence-electron chi connectivity index (χ4n) is 2.41. The van der Waals surface area contributed by atoms with Crippen LogP contribution in [0.3, 0.4) is 0 Å². The molecular weight excluding hydrogens is 399 g/mol. The highest BCUT2D eigenvalue weighted by Crippen LogP contribution is 2.23. The van der Waals surface area contributed by atoms with Crippen LogP contribution in [0.15, 0.2) is 47.6 Å². The summed E-state index contributed by atoms with van der Waals surface area (Å²) >= 11 is 0. The number of nitrogens with one attached hydrogen (secondary N) is 2. The molecule has 0 aliphatic carbocycles. The lowest BCUT2D eigenvalue weighted by molar-refractivity contribution is -0.274. The maximum Gasteiger partial charge on any atom is 0.573 e. The number of carbonyl (C=O) groups is 1. The summed E-state index contributed by atoms with van der Waals surface area (Å²) in [6, 6.07) is 7.76. The first kappa shape index (κ1) is 23.0. The summed E-state index contributed by atoms with van der Waals surface area (Å²) in [5, 5.41) is 5.68. The second kappa shape index (κ2) is 9.95. The largest absolute Gasteiger partial charge is 0.573 e. The molecule has 0 radical (unpaired) electrons. The first-order valence-electron chi connectivity index (χ1n) is 9.23. The van der Waals surface area contributed by atoms with E-state index in [4.69, 9.17) is 5.73 Å². The first-order valence-corrected chi connectivity index (χ1v) is 9.23. The molecule has 0 aliphatic rings. The van der Waals surface area contributed by atoms with Gasteiger partial charge in [-0.25, -0.2) is 4.98 Å². The molecule has 0 saturated carbocycles. The normalized spacial score (nSPS) is 13.1. The van der Waals surface area contributed by atoms with Gasteiger partial charge >= 0.3 is 6.36 Å². The molecular formula is C20H24F3N5O2. The molecule has 1 heterocycles. The lowest BCUT2D eigenvalue weighted by Crippen LogP contribution is -2.27. The van der Waals surface area contributed by atoms with E-state index in [1.165, 1.54) is 12.1 Å². The predicted octanol–water partition coefficient (Wildman–Crippen LogP) is 3.85. The number of nitrogens with two attached hydrogens (primary N) is 1. The molecule has 0 fully saturated rings. The zero-order valence-electron chi connectivity index (χ0n) is 16.8. The van der Waals surface area contributed by atoms with Crippen molar-refractivity contribution in [3.63, 3.8) is 0 Å². The smallest absolute Gasteiger partial charge is 0.406 e. The minimum Gasteiger partial charge on any atom is -0.406 e. The summed E-state index contributed by atoms with van der Waals surface area (Å²) in [6.07, 6.45) is -3.21. The highest BCUT2D eigenvalue weighted by Gasteiger charge is 2.31. The van der Waals surface area contributed by atoms with Crippen LogP contribution in [0.4, 0.5) is 19.0 Å². The number of ether oxygens (including phenoxy) is 1. The van der Waals surface area contributed by atoms with Gasteiger partial charge < -0.3 is 21.1 Å². The molecule has 4 N–H and O–H groups in total. The molecule has 1 aromatic carbocycles. The number of nitrogens with zero attached hydrogens (tertiary/aromatic N) is 2. The van der Waals surface area contributed by atoms with Gasteiger partial charge in [0, 0.05) is 18.3 Å². The van der Waals surface area contributed by atoms with Crippen LogP contribution in [-0.4, -0.2) is 29.8 Å². The highest BCUT2D eigenvalue weighted by molar-refractivity contribution is 5.94. The molecule has 0 spiro atoms. The maximum atomic E-state index is 12.4. The van der Waals surface area contributed by atoms with Gasteiger partial charge in [-0.2, -0.15) is 0 Å². The van der Waals surface area contributed by atoms with Crippen LogP contribution in [0.25, 0.3) is 0 Å². The predicted molar refractivity (Wildman–Crippen MR) is 108 cm³/mol. The standard InChI is InChI=1S/C20H24F3N5O2/c1-12(2)11-26-19(24)28-17-10-15(8-9-25-17)13(3)27-18(29)14-4-6-16(7-5-14)30-20(21,22)23/h4-10,12-13H,11H2,1-3H3,(H,27,29)(H3,24,25,26,28). The van der Waals surface area contributed by atoms with Gasteiger partial charge in [0.05, 0.1) is 6.04 Å². The Bertz CT molecular complexity index is 883. The molecule has 30 heavy (non-hydrogen) atoms. The number of hydrogen-bond acceptors (Lipinski definition) is 4. The van der Waals surface area contributed by atoms with Crippen LogP contribution >= 0.6 is 0 Å². The third-order valence-corrected chi connectivity index (χ3v) is 3.86. The summed E-state index contributed by atoms with van der Waals surface area (Å²) < 4.78 is 40.5. The van der Waals surface area contributed by atoms with Crippen LogP contribution in [-0.2, 0) is 0 Å². The number of benzene rings is 1. The Labute approximate surface area is 172 Å². The molecule has 0 saturated heterocycles. The van der Waals surface area contributed by atoms with Crippen molar-refractivity contribution >= 4 is 17.7 Å². The number of rotatable bonds is 7. The van der Waals surface area contributed by atoms with Crippen molar-refractivity contribution in [3.8, 4) is 5.75 Å². The summed E-state index contributed by atoms with van der Waals surface area (Å²) in [7, 11) is 0. The molecule has 1 amide bonds. The zero-order valence-corrected chi connectivity index (χ0v) is 16.8. The fraction of sp³-hybridized carbons (Fsp3) is 0.350. The number of amides is 1. The fourth-order valence-corrected chi connectivity index (χ4v) is 2.41. The number of anilines is 1. The minimum atomic E-state index is -4.78. The molecule has 7 nitrogen and oxygen atoms in total. The molecule has 1 unspecified atom stereocenters. The molecule has 1 atom stereocenters. The third-order valence-electron chi connectivity index (χ3n) is 3.86. The Kier molecular flexibility index (Phi) is 7.62. The van der Waals surface area contributed by atoms with Crippen LogP contribution in [0.1, 0.15) is 42.7 Å². The summed E-state index contributed by atoms with van der Waals surface area (Å²) in [6.45, 7) is 6.40. The Morgan fingerprint density at radius 3 is 2.47 bits per heavy atom. The molecule has 162 valence electrons. The molecule has 1 aromatic heterocycles. The van der Waals surface area contributed by atoms with Gasteiger partial charge in [-0.15, -0.1) is 13.2 Å². The molecule has 0 aliphatic heterocycles. The summed E-state index contributed by atoms with van der Waals surface area (Å²) in [5.41, 5.74) is 6.80. The lowest BCUT2D eigenvalue weighted by atomic mass is 10.1. The van der Waals surface area contributed by atoms with Gasteiger partial charge in [0.1, 0.15) is 11.6 Å². The van der Waals surface area contributed by atoms with Crippen molar-refractivity contribution in [2.24, 2.45) is 16.6 Å². The number of carbonyl (C=O) groups excluding carboxylic acids is 1. The van der Waals surface area contributed by atoms with Crippen molar-refractivity contribution in [2.75, 3.05) is 11.9 Å². The topological polar surface area (TPSA) is 102 Å². The number of pyridine rings is 1. The SMILES string of the molecule is CC(C)CN=C(N)Nc1cc(C(C)NC(=O)c2ccc(OC(F)(F)F)cc2)ccn1. The molecule has 10 heteroatoms. The second-order valence-corrected chi connectivity index (χ2v) is 6.99. The van der Waals surface area contributed by atoms with Crippen molar-refractivity contribution in [2.45, 2.75) is 33.2 Å². The Morgan fingerprint density at radius 2 is 1.87 bits per heavy atom. The molecule has 2 rings (SSSR count). The number of aromatic nitrogens is 1. The monoisotopic (exact) mass is 423 g/mol. The van der Waals surface area contributed by atoms with Crippen LogP contribution in [0.2, 0.25) is 0 Å². The van der Waals surface area contributed by atoms with Gasteiger partial charge in [0.2, 0.25) is 0 Å². The average Bonchev–Trinajstić information content (AvgIpc) is 2.66. The lowest BCUT2D eigenvalue weighted by Gasteiger charge is -2.16. The average molecular weight is 423 g/mol. The summed E-state index contributed by atoms with van der Waals surface area (Å²) in [5.74, 6) is 0.256. The number of aliphatic imine (C=N–C) groups is 1. The first-order chi connectivity index (χ1) is 14.0. The van der Waals surface area contributed by atoms with E-state index >= 15 is 0 Å². The molecule has 2 aromatic rings. The van der Waals surface area contributed by atoms with Gasteiger partial charge in [0.25, 0.3) is 5.91 Å². The maximum absolute atomic E-state index is 12.4. The van der Waals surface area contributed by atoms with E-state index in [-0.39, 0.29) is 17.6 Å². The van der Waals surface area contributed by atoms with Crippen LogP contribution in [0.5, 0.6) is 5.75 Å². The van der Waals surface area contributed by atoms with E-state index in [1.54, 1.807) is 25.3 Å². The number of halogens is 3. The van der Waals surface area contributed by atoms with E-state index in [2.05, 4.69) is 25.3 Å². The van der Waals surface area contributed by atoms with Gasteiger partial charge in [-0.3, -0.25) is 9.79 Å². The van der Waals surface area contributed by atoms with Crippen molar-refractivity contribution in [1.82, 2.24) is 10.3 Å². The van der Waals surface area contributed by atoms with Gasteiger partial charge in [-0.1, -0.05) is 13.8 Å². The van der Waals surface area contributed by atoms with Gasteiger partial charge in [0.15, 0.2) is 5.96 Å². The zero-order chi connectivity index (χ0) is 22.3. The number of hydrogen-bond donors (Lipinski definition) is 3. The van der Waals surface area contributed by atoms with E-state index in [9.17, 15) is 18.0 Å². The highest BCUT2D eigenvalue weighted by atomic mass is 19.4. The Morgan fingerprint density at radius 1 is 1.20 bits per heavy atom. The van der Waals surface area contributed by atoms with Crippen molar-refractivity contribution in [3.05, 3.63) is 53.7 Å². The van der Waals surface area contributed by atoms with E-state index in [0.29, 0.717) is 18.3 Å². The second-order valence-electron chi connectivity index (χ2n) is 6.99. The van der Waals surface area contributed by atoms with E-state index in [1.807, 2.05) is 13.8 Å².